The van der Waals surface area contributed by atoms with Gasteiger partial charge in [-0.05, 0) is 32.8 Å². The molecule has 0 saturated carbocycles. The van der Waals surface area contributed by atoms with Gasteiger partial charge in [0.2, 0.25) is 0 Å². The van der Waals surface area contributed by atoms with Gasteiger partial charge in [-0.1, -0.05) is 37.3 Å². The molecule has 2 nitrogen and oxygen atoms in total. The monoisotopic (exact) mass is 246 g/mol. The fourth-order valence-electron chi connectivity index (χ4n) is 3.00. The molecule has 0 radical (unpaired) electrons. The average Bonchev–Trinajstić information content (AvgIpc) is 2.40. The Morgan fingerprint density at radius 2 is 2.00 bits per heavy atom. The van der Waals surface area contributed by atoms with Crippen molar-refractivity contribution >= 4 is 0 Å². The number of hydrogen-bond donors (Lipinski definition) is 1. The molecule has 0 aliphatic carbocycles. The van der Waals surface area contributed by atoms with Crippen LogP contribution < -0.4 is 5.32 Å². The van der Waals surface area contributed by atoms with Crippen LogP contribution in [0, 0.1) is 0 Å². The Bertz CT molecular complexity index is 374. The lowest BCUT2D eigenvalue weighted by Gasteiger charge is -2.50. The van der Waals surface area contributed by atoms with Crippen LogP contribution >= 0.6 is 0 Å². The zero-order chi connectivity index (χ0) is 13.2. The predicted molar refractivity (Wildman–Crippen MR) is 77.7 cm³/mol. The standard InChI is InChI=1S/C16H26N2/c1-5-16(4)12-17-15(11-18(16)13(2)3)14-9-7-6-8-10-14/h6-10,13,15,17H,5,11-12H2,1-4H3. The van der Waals surface area contributed by atoms with Gasteiger partial charge in [-0.25, -0.2) is 0 Å². The lowest BCUT2D eigenvalue weighted by Crippen LogP contribution is -2.62. The van der Waals surface area contributed by atoms with E-state index < -0.39 is 0 Å². The molecule has 18 heavy (non-hydrogen) atoms. The lowest BCUT2D eigenvalue weighted by molar-refractivity contribution is 0.0218. The van der Waals surface area contributed by atoms with Gasteiger partial charge in [0, 0.05) is 30.7 Å². The first kappa shape index (κ1) is 13.6. The summed E-state index contributed by atoms with van der Waals surface area (Å²) < 4.78 is 0. The molecule has 0 spiro atoms. The third-order valence-electron chi connectivity index (χ3n) is 4.39. The molecule has 1 aromatic rings. The van der Waals surface area contributed by atoms with E-state index >= 15 is 0 Å². The summed E-state index contributed by atoms with van der Waals surface area (Å²) in [5.41, 5.74) is 1.70. The highest BCUT2D eigenvalue weighted by atomic mass is 15.3. The van der Waals surface area contributed by atoms with Gasteiger partial charge in [-0.15, -0.1) is 0 Å². The molecule has 2 rings (SSSR count). The molecule has 1 N–H and O–H groups in total. The molecule has 2 heteroatoms. The van der Waals surface area contributed by atoms with Crippen molar-refractivity contribution in [2.45, 2.75) is 51.7 Å². The zero-order valence-electron chi connectivity index (χ0n) is 12.1. The molecule has 0 bridgehead atoms. The minimum absolute atomic E-state index is 0.291. The van der Waals surface area contributed by atoms with E-state index in [1.54, 1.807) is 0 Å². The summed E-state index contributed by atoms with van der Waals surface area (Å²) in [6, 6.07) is 11.9. The van der Waals surface area contributed by atoms with Crippen molar-refractivity contribution in [2.75, 3.05) is 13.1 Å². The Kier molecular flexibility index (Phi) is 4.08. The van der Waals surface area contributed by atoms with Gasteiger partial charge < -0.3 is 5.32 Å². The summed E-state index contributed by atoms with van der Waals surface area (Å²) in [5, 5.41) is 3.72. The number of hydrogen-bond acceptors (Lipinski definition) is 2. The molecule has 1 aliphatic rings. The van der Waals surface area contributed by atoms with Gasteiger partial charge in [0.25, 0.3) is 0 Å². The van der Waals surface area contributed by atoms with Crippen LogP contribution in [-0.2, 0) is 0 Å². The third kappa shape index (κ3) is 2.60. The summed E-state index contributed by atoms with van der Waals surface area (Å²) in [5.74, 6) is 0. The molecule has 0 aromatic heterocycles. The van der Waals surface area contributed by atoms with Crippen LogP contribution in [0.4, 0.5) is 0 Å². The molecule has 2 atom stereocenters. The summed E-state index contributed by atoms with van der Waals surface area (Å²) in [6.07, 6.45) is 1.19. The van der Waals surface area contributed by atoms with Crippen molar-refractivity contribution in [3.63, 3.8) is 0 Å². The second-order valence-corrected chi connectivity index (χ2v) is 5.94. The first-order valence-corrected chi connectivity index (χ1v) is 7.12. The quantitative estimate of drug-likeness (QED) is 0.881. The van der Waals surface area contributed by atoms with E-state index in [-0.39, 0.29) is 0 Å². The molecule has 1 aromatic carbocycles. The van der Waals surface area contributed by atoms with E-state index in [9.17, 15) is 0 Å². The number of nitrogens with one attached hydrogen (secondary N) is 1. The van der Waals surface area contributed by atoms with E-state index in [4.69, 9.17) is 0 Å². The minimum Gasteiger partial charge on any atom is -0.307 e. The number of benzene rings is 1. The van der Waals surface area contributed by atoms with Crippen molar-refractivity contribution in [1.29, 1.82) is 0 Å². The Balaban J connectivity index is 2.16. The number of piperazine rings is 1. The molecule has 2 unspecified atom stereocenters. The van der Waals surface area contributed by atoms with Gasteiger partial charge >= 0.3 is 0 Å². The second kappa shape index (κ2) is 5.41. The summed E-state index contributed by atoms with van der Waals surface area (Å²) in [4.78, 5) is 2.65. The Morgan fingerprint density at radius 3 is 2.56 bits per heavy atom. The zero-order valence-corrected chi connectivity index (χ0v) is 12.1. The highest BCUT2D eigenvalue weighted by Gasteiger charge is 2.37. The van der Waals surface area contributed by atoms with E-state index in [1.165, 1.54) is 12.0 Å². The molecule has 1 aliphatic heterocycles. The Hall–Kier alpha value is -0.860. The fraction of sp³-hybridized carbons (Fsp3) is 0.625. The molecule has 100 valence electrons. The summed E-state index contributed by atoms with van der Waals surface area (Å²) in [6.45, 7) is 11.5. The SMILES string of the molecule is CCC1(C)CNC(c2ccccc2)CN1C(C)C. The maximum absolute atomic E-state index is 3.72. The second-order valence-electron chi connectivity index (χ2n) is 5.94. The van der Waals surface area contributed by atoms with Crippen LogP contribution in [-0.4, -0.2) is 29.6 Å². The van der Waals surface area contributed by atoms with Gasteiger partial charge in [0.05, 0.1) is 0 Å². The van der Waals surface area contributed by atoms with Crippen molar-refractivity contribution in [1.82, 2.24) is 10.2 Å². The summed E-state index contributed by atoms with van der Waals surface area (Å²) in [7, 11) is 0. The van der Waals surface area contributed by atoms with Gasteiger partial charge in [-0.3, -0.25) is 4.90 Å². The first-order chi connectivity index (χ1) is 8.57. The first-order valence-electron chi connectivity index (χ1n) is 7.12. The van der Waals surface area contributed by atoms with Crippen molar-refractivity contribution in [3.8, 4) is 0 Å². The van der Waals surface area contributed by atoms with Crippen molar-refractivity contribution in [2.24, 2.45) is 0 Å². The van der Waals surface area contributed by atoms with Crippen molar-refractivity contribution < 1.29 is 0 Å². The highest BCUT2D eigenvalue weighted by molar-refractivity contribution is 5.20. The van der Waals surface area contributed by atoms with E-state index in [1.807, 2.05) is 0 Å². The van der Waals surface area contributed by atoms with Crippen LogP contribution in [0.2, 0.25) is 0 Å². The van der Waals surface area contributed by atoms with Crippen LogP contribution in [0.25, 0.3) is 0 Å². The topological polar surface area (TPSA) is 15.3 Å². The van der Waals surface area contributed by atoms with Gasteiger partial charge in [-0.2, -0.15) is 0 Å². The molecule has 1 fully saturated rings. The van der Waals surface area contributed by atoms with E-state index in [2.05, 4.69) is 68.2 Å². The Morgan fingerprint density at radius 1 is 1.33 bits per heavy atom. The third-order valence-corrected chi connectivity index (χ3v) is 4.39. The Labute approximate surface area is 111 Å². The fourth-order valence-corrected chi connectivity index (χ4v) is 3.00. The normalized spacial score (nSPS) is 29.7. The predicted octanol–water partition coefficient (Wildman–Crippen LogP) is 3.21. The lowest BCUT2D eigenvalue weighted by atomic mass is 9.89. The molecular formula is C16H26N2. The van der Waals surface area contributed by atoms with Crippen molar-refractivity contribution in [3.05, 3.63) is 35.9 Å². The average molecular weight is 246 g/mol. The van der Waals surface area contributed by atoms with Crippen LogP contribution in [0.1, 0.15) is 45.7 Å². The van der Waals surface area contributed by atoms with E-state index in [0.717, 1.165) is 13.1 Å². The summed E-state index contributed by atoms with van der Waals surface area (Å²) >= 11 is 0. The minimum atomic E-state index is 0.291. The smallest absolute Gasteiger partial charge is 0.0450 e. The van der Waals surface area contributed by atoms with Crippen LogP contribution in [0.5, 0.6) is 0 Å². The number of nitrogens with zero attached hydrogens (tertiary/aromatic N) is 1. The van der Waals surface area contributed by atoms with E-state index in [0.29, 0.717) is 17.6 Å². The molecular weight excluding hydrogens is 220 g/mol. The van der Waals surface area contributed by atoms with Crippen LogP contribution in [0.15, 0.2) is 30.3 Å². The van der Waals surface area contributed by atoms with Gasteiger partial charge in [0.15, 0.2) is 0 Å². The largest absolute Gasteiger partial charge is 0.307 e. The highest BCUT2D eigenvalue weighted by Crippen LogP contribution is 2.29. The number of rotatable bonds is 3. The van der Waals surface area contributed by atoms with Gasteiger partial charge in [0.1, 0.15) is 0 Å². The molecule has 1 saturated heterocycles. The maximum atomic E-state index is 3.72. The maximum Gasteiger partial charge on any atom is 0.0450 e. The molecule has 1 heterocycles. The molecule has 0 amide bonds. The van der Waals surface area contributed by atoms with Crippen LogP contribution in [0.3, 0.4) is 0 Å².